The van der Waals surface area contributed by atoms with Gasteiger partial charge in [-0.05, 0) is 20.8 Å². The van der Waals surface area contributed by atoms with Crippen LogP contribution in [0.2, 0.25) is 0 Å². The molecule has 1 fully saturated rings. The molecule has 0 bridgehead atoms. The van der Waals surface area contributed by atoms with E-state index in [0.717, 1.165) is 16.0 Å². The third kappa shape index (κ3) is 4.83. The molecule has 10 heteroatoms. The molecule has 30 heavy (non-hydrogen) atoms. The Morgan fingerprint density at radius 1 is 1.23 bits per heavy atom. The van der Waals surface area contributed by atoms with Crippen LogP contribution < -0.4 is 10.6 Å². The molecule has 1 saturated heterocycles. The molecule has 3 rings (SSSR count). The molecule has 0 aliphatic carbocycles. The van der Waals surface area contributed by atoms with E-state index in [4.69, 9.17) is 9.26 Å². The fourth-order valence-corrected chi connectivity index (χ4v) is 2.81. The summed E-state index contributed by atoms with van der Waals surface area (Å²) in [7, 11) is 0. The number of imide groups is 1. The van der Waals surface area contributed by atoms with E-state index in [9.17, 15) is 19.2 Å². The van der Waals surface area contributed by atoms with Crippen molar-refractivity contribution in [3.8, 4) is 11.3 Å². The van der Waals surface area contributed by atoms with Crippen LogP contribution >= 0.6 is 0 Å². The number of esters is 1. The summed E-state index contributed by atoms with van der Waals surface area (Å²) in [6, 6.07) is 8.62. The molecule has 158 valence electrons. The van der Waals surface area contributed by atoms with Gasteiger partial charge < -0.3 is 14.6 Å². The largest absolute Gasteiger partial charge is 0.456 e. The maximum absolute atomic E-state index is 12.1. The van der Waals surface area contributed by atoms with Gasteiger partial charge in [0.05, 0.1) is 6.42 Å². The van der Waals surface area contributed by atoms with Crippen molar-refractivity contribution in [2.45, 2.75) is 32.7 Å². The van der Waals surface area contributed by atoms with Crippen LogP contribution in [0.4, 0.5) is 10.7 Å². The number of hydrogen-bond acceptors (Lipinski definition) is 7. The third-order valence-corrected chi connectivity index (χ3v) is 4.47. The van der Waals surface area contributed by atoms with Crippen LogP contribution in [0.25, 0.3) is 11.3 Å². The van der Waals surface area contributed by atoms with E-state index in [1.807, 2.05) is 31.2 Å². The molecule has 1 aromatic carbocycles. The summed E-state index contributed by atoms with van der Waals surface area (Å²) < 4.78 is 9.95. The van der Waals surface area contributed by atoms with E-state index in [2.05, 4.69) is 15.8 Å². The number of benzene rings is 1. The standard InChI is InChI=1S/C20H22N4O6/c1-12-4-6-13(7-5-12)14-10-16(30-23-14)21-15(25)11-29-17(26)8-9-24-18(27)20(2,3)22-19(24)28/h4-7,10H,8-9,11H2,1-3H3,(H,21,25)(H,22,28). The predicted octanol–water partition coefficient (Wildman–Crippen LogP) is 1.85. The zero-order valence-corrected chi connectivity index (χ0v) is 16.9. The van der Waals surface area contributed by atoms with Crippen LogP contribution in [0.3, 0.4) is 0 Å². The fourth-order valence-electron chi connectivity index (χ4n) is 2.81. The monoisotopic (exact) mass is 414 g/mol. The minimum Gasteiger partial charge on any atom is -0.456 e. The Bertz CT molecular complexity index is 979. The van der Waals surface area contributed by atoms with Gasteiger partial charge in [0.2, 0.25) is 5.88 Å². The maximum atomic E-state index is 12.1. The van der Waals surface area contributed by atoms with E-state index in [1.54, 1.807) is 19.9 Å². The summed E-state index contributed by atoms with van der Waals surface area (Å²) in [5.41, 5.74) is 1.49. The molecule has 2 aromatic rings. The van der Waals surface area contributed by atoms with Crippen molar-refractivity contribution in [1.29, 1.82) is 0 Å². The number of urea groups is 1. The molecule has 0 unspecified atom stereocenters. The first-order chi connectivity index (χ1) is 14.2. The first-order valence-corrected chi connectivity index (χ1v) is 9.29. The molecule has 1 aliphatic heterocycles. The number of carbonyl (C=O) groups is 4. The van der Waals surface area contributed by atoms with Gasteiger partial charge in [-0.3, -0.25) is 24.6 Å². The minimum atomic E-state index is -1.00. The van der Waals surface area contributed by atoms with Gasteiger partial charge in [-0.1, -0.05) is 35.0 Å². The number of aromatic nitrogens is 1. The SMILES string of the molecule is Cc1ccc(-c2cc(NC(=O)COC(=O)CCN3C(=O)NC(C)(C)C3=O)on2)cc1. The van der Waals surface area contributed by atoms with Crippen LogP contribution in [0.5, 0.6) is 0 Å². The smallest absolute Gasteiger partial charge is 0.325 e. The number of aryl methyl sites for hydroxylation is 1. The predicted molar refractivity (Wildman–Crippen MR) is 105 cm³/mol. The zero-order chi connectivity index (χ0) is 21.9. The number of ether oxygens (including phenoxy) is 1. The molecule has 0 saturated carbocycles. The van der Waals surface area contributed by atoms with Crippen molar-refractivity contribution in [1.82, 2.24) is 15.4 Å². The number of anilines is 1. The highest BCUT2D eigenvalue weighted by Gasteiger charge is 2.44. The molecular weight excluding hydrogens is 392 g/mol. The third-order valence-electron chi connectivity index (χ3n) is 4.47. The number of rotatable bonds is 7. The van der Waals surface area contributed by atoms with Crippen LogP contribution in [-0.4, -0.2) is 52.6 Å². The first-order valence-electron chi connectivity index (χ1n) is 9.29. The Balaban J connectivity index is 1.44. The van der Waals surface area contributed by atoms with Gasteiger partial charge in [0, 0.05) is 18.2 Å². The summed E-state index contributed by atoms with van der Waals surface area (Å²) in [5, 5.41) is 8.85. The molecule has 0 radical (unpaired) electrons. The second kappa shape index (κ2) is 8.36. The van der Waals surface area contributed by atoms with Gasteiger partial charge in [0.15, 0.2) is 6.61 Å². The van der Waals surface area contributed by atoms with Crippen LogP contribution in [0.15, 0.2) is 34.9 Å². The van der Waals surface area contributed by atoms with E-state index in [-0.39, 0.29) is 18.8 Å². The molecule has 0 spiro atoms. The summed E-state index contributed by atoms with van der Waals surface area (Å²) >= 11 is 0. The van der Waals surface area contributed by atoms with Crippen LogP contribution in [0.1, 0.15) is 25.8 Å². The lowest BCUT2D eigenvalue weighted by Gasteiger charge is -2.15. The van der Waals surface area contributed by atoms with Crippen molar-refractivity contribution < 1.29 is 28.4 Å². The highest BCUT2D eigenvalue weighted by molar-refractivity contribution is 6.06. The topological polar surface area (TPSA) is 131 Å². The molecule has 0 atom stereocenters. The molecule has 10 nitrogen and oxygen atoms in total. The van der Waals surface area contributed by atoms with E-state index in [1.165, 1.54) is 0 Å². The highest BCUT2D eigenvalue weighted by Crippen LogP contribution is 2.22. The summed E-state index contributed by atoms with van der Waals surface area (Å²) in [6.07, 6.45) is -0.220. The Labute approximate surface area is 172 Å². The summed E-state index contributed by atoms with van der Waals surface area (Å²) in [6.45, 7) is 4.45. The fraction of sp³-hybridized carbons (Fsp3) is 0.350. The maximum Gasteiger partial charge on any atom is 0.325 e. The van der Waals surface area contributed by atoms with Crippen molar-refractivity contribution in [3.05, 3.63) is 35.9 Å². The number of hydrogen-bond donors (Lipinski definition) is 2. The number of nitrogens with one attached hydrogen (secondary N) is 2. The Kier molecular flexibility index (Phi) is 5.86. The van der Waals surface area contributed by atoms with E-state index >= 15 is 0 Å². The average Bonchev–Trinajstić information content (AvgIpc) is 3.21. The summed E-state index contributed by atoms with van der Waals surface area (Å²) in [5.74, 6) is -1.62. The average molecular weight is 414 g/mol. The second-order valence-corrected chi connectivity index (χ2v) is 7.41. The summed E-state index contributed by atoms with van der Waals surface area (Å²) in [4.78, 5) is 48.6. The Morgan fingerprint density at radius 2 is 1.93 bits per heavy atom. The van der Waals surface area contributed by atoms with Crippen LogP contribution in [0, 0.1) is 6.92 Å². The van der Waals surface area contributed by atoms with Crippen molar-refractivity contribution in [2.24, 2.45) is 0 Å². The van der Waals surface area contributed by atoms with Gasteiger partial charge in [0.25, 0.3) is 11.8 Å². The Hall–Kier alpha value is -3.69. The molecule has 4 amide bonds. The number of carbonyl (C=O) groups excluding carboxylic acids is 4. The zero-order valence-electron chi connectivity index (χ0n) is 16.9. The van der Waals surface area contributed by atoms with Crippen molar-refractivity contribution in [3.63, 3.8) is 0 Å². The van der Waals surface area contributed by atoms with E-state index < -0.39 is 36.0 Å². The quantitative estimate of drug-likeness (QED) is 0.522. The van der Waals surface area contributed by atoms with Gasteiger partial charge in [-0.2, -0.15) is 0 Å². The lowest BCUT2D eigenvalue weighted by Crippen LogP contribution is -2.40. The normalized spacial score (nSPS) is 15.1. The lowest BCUT2D eigenvalue weighted by molar-refractivity contribution is -0.147. The highest BCUT2D eigenvalue weighted by atomic mass is 16.5. The van der Waals surface area contributed by atoms with Gasteiger partial charge in [-0.15, -0.1) is 0 Å². The minimum absolute atomic E-state index is 0.119. The van der Waals surface area contributed by atoms with Crippen LogP contribution in [-0.2, 0) is 19.1 Å². The number of amides is 4. The van der Waals surface area contributed by atoms with Gasteiger partial charge in [-0.25, -0.2) is 4.79 Å². The lowest BCUT2D eigenvalue weighted by atomic mass is 10.1. The van der Waals surface area contributed by atoms with Gasteiger partial charge >= 0.3 is 12.0 Å². The van der Waals surface area contributed by atoms with Crippen molar-refractivity contribution >= 4 is 29.7 Å². The molecular formula is C20H22N4O6. The van der Waals surface area contributed by atoms with Crippen molar-refractivity contribution in [2.75, 3.05) is 18.5 Å². The Morgan fingerprint density at radius 3 is 2.57 bits per heavy atom. The second-order valence-electron chi connectivity index (χ2n) is 7.41. The van der Waals surface area contributed by atoms with E-state index in [0.29, 0.717) is 5.69 Å². The number of nitrogens with zero attached hydrogens (tertiary/aromatic N) is 2. The van der Waals surface area contributed by atoms with Gasteiger partial charge in [0.1, 0.15) is 11.2 Å². The first kappa shape index (κ1) is 21.0. The molecule has 1 aromatic heterocycles. The molecule has 1 aliphatic rings. The molecule has 2 N–H and O–H groups in total. The molecule has 2 heterocycles.